The lowest BCUT2D eigenvalue weighted by Gasteiger charge is -2.20. The number of aromatic nitrogens is 2. The molecule has 1 aromatic rings. The Morgan fingerprint density at radius 1 is 1.44 bits per heavy atom. The first-order valence-electron chi connectivity index (χ1n) is 5.76. The Morgan fingerprint density at radius 3 is 3.00 bits per heavy atom. The van der Waals surface area contributed by atoms with Gasteiger partial charge in [-0.05, 0) is 5.92 Å². The van der Waals surface area contributed by atoms with Gasteiger partial charge in [-0.25, -0.2) is 4.98 Å². The third kappa shape index (κ3) is 2.41. The zero-order valence-corrected chi connectivity index (χ0v) is 9.88. The summed E-state index contributed by atoms with van der Waals surface area (Å²) in [7, 11) is 0. The van der Waals surface area contributed by atoms with Crippen LogP contribution in [0, 0.1) is 5.92 Å². The van der Waals surface area contributed by atoms with Gasteiger partial charge in [-0.15, -0.1) is 0 Å². The Morgan fingerprint density at radius 2 is 2.25 bits per heavy atom. The summed E-state index contributed by atoms with van der Waals surface area (Å²) >= 11 is 0. The summed E-state index contributed by atoms with van der Waals surface area (Å²) in [6.07, 6.45) is 0.929. The fourth-order valence-corrected chi connectivity index (χ4v) is 1.81. The highest BCUT2D eigenvalue weighted by atomic mass is 15.1. The standard InChI is InChI=1S/C11H19N5/c1-7(2)5-14-10-8-6-13-4-3-9(8)15-11(12)16-10/h7,13H,3-6H2,1-2H3,(H3,12,14,15,16). The van der Waals surface area contributed by atoms with Gasteiger partial charge in [0.1, 0.15) is 5.82 Å². The summed E-state index contributed by atoms with van der Waals surface area (Å²) in [5, 5.41) is 6.67. The normalized spacial score (nSPS) is 14.9. The van der Waals surface area contributed by atoms with E-state index in [9.17, 15) is 0 Å². The molecule has 0 saturated carbocycles. The van der Waals surface area contributed by atoms with E-state index < -0.39 is 0 Å². The minimum Gasteiger partial charge on any atom is -0.369 e. The zero-order valence-electron chi connectivity index (χ0n) is 9.88. The quantitative estimate of drug-likeness (QED) is 0.703. The van der Waals surface area contributed by atoms with Crippen molar-refractivity contribution < 1.29 is 0 Å². The number of hydrogen-bond donors (Lipinski definition) is 3. The molecule has 4 N–H and O–H groups in total. The molecular weight excluding hydrogens is 202 g/mol. The fourth-order valence-electron chi connectivity index (χ4n) is 1.81. The molecule has 1 aliphatic heterocycles. The van der Waals surface area contributed by atoms with Crippen molar-refractivity contribution in [3.05, 3.63) is 11.3 Å². The van der Waals surface area contributed by atoms with Gasteiger partial charge in [0.25, 0.3) is 0 Å². The average Bonchev–Trinajstić information content (AvgIpc) is 2.25. The Labute approximate surface area is 95.9 Å². The monoisotopic (exact) mass is 221 g/mol. The molecule has 0 aliphatic carbocycles. The number of rotatable bonds is 3. The fraction of sp³-hybridized carbons (Fsp3) is 0.636. The highest BCUT2D eigenvalue weighted by Gasteiger charge is 2.16. The summed E-state index contributed by atoms with van der Waals surface area (Å²) in [5.41, 5.74) is 7.96. The van der Waals surface area contributed by atoms with Gasteiger partial charge >= 0.3 is 0 Å². The lowest BCUT2D eigenvalue weighted by molar-refractivity contribution is 0.625. The van der Waals surface area contributed by atoms with Crippen molar-refractivity contribution in [3.63, 3.8) is 0 Å². The van der Waals surface area contributed by atoms with Crippen molar-refractivity contribution in [2.75, 3.05) is 24.1 Å². The van der Waals surface area contributed by atoms with Crippen LogP contribution >= 0.6 is 0 Å². The van der Waals surface area contributed by atoms with Gasteiger partial charge in [0.2, 0.25) is 5.95 Å². The number of fused-ring (bicyclic) bond motifs is 1. The summed E-state index contributed by atoms with van der Waals surface area (Å²) in [4.78, 5) is 8.56. The third-order valence-electron chi connectivity index (χ3n) is 2.63. The molecule has 2 rings (SSSR count). The Bertz CT molecular complexity index is 375. The Balaban J connectivity index is 2.25. The summed E-state index contributed by atoms with van der Waals surface area (Å²) in [6, 6.07) is 0. The summed E-state index contributed by atoms with van der Waals surface area (Å²) in [6.45, 7) is 7.04. The van der Waals surface area contributed by atoms with E-state index in [1.807, 2.05) is 0 Å². The molecule has 0 radical (unpaired) electrons. The second-order valence-electron chi connectivity index (χ2n) is 4.56. The molecule has 5 nitrogen and oxygen atoms in total. The number of hydrogen-bond acceptors (Lipinski definition) is 5. The van der Waals surface area contributed by atoms with Crippen LogP contribution in [0.2, 0.25) is 0 Å². The largest absolute Gasteiger partial charge is 0.369 e. The molecule has 0 fully saturated rings. The van der Waals surface area contributed by atoms with Crippen LogP contribution in [-0.4, -0.2) is 23.1 Å². The zero-order chi connectivity index (χ0) is 11.5. The number of anilines is 2. The molecule has 0 atom stereocenters. The maximum atomic E-state index is 5.71. The molecule has 1 aromatic heterocycles. The molecule has 0 bridgehead atoms. The van der Waals surface area contributed by atoms with Crippen molar-refractivity contribution in [3.8, 4) is 0 Å². The van der Waals surface area contributed by atoms with Crippen molar-refractivity contribution in [1.82, 2.24) is 15.3 Å². The molecule has 2 heterocycles. The van der Waals surface area contributed by atoms with E-state index in [1.54, 1.807) is 0 Å². The van der Waals surface area contributed by atoms with Crippen molar-refractivity contribution in [1.29, 1.82) is 0 Å². The highest BCUT2D eigenvalue weighted by molar-refractivity contribution is 5.50. The van der Waals surface area contributed by atoms with Crippen LogP contribution in [0.5, 0.6) is 0 Å². The molecule has 1 aliphatic rings. The molecule has 0 amide bonds. The minimum atomic E-state index is 0.368. The lowest BCUT2D eigenvalue weighted by Crippen LogP contribution is -2.27. The van der Waals surface area contributed by atoms with E-state index in [4.69, 9.17) is 5.73 Å². The van der Waals surface area contributed by atoms with Crippen LogP contribution in [0.3, 0.4) is 0 Å². The first kappa shape index (κ1) is 11.1. The second kappa shape index (κ2) is 4.65. The number of nitrogens with two attached hydrogens (primary N) is 1. The molecule has 88 valence electrons. The summed E-state index contributed by atoms with van der Waals surface area (Å²) in [5.74, 6) is 1.85. The molecule has 0 spiro atoms. The number of nitrogen functional groups attached to an aromatic ring is 1. The van der Waals surface area contributed by atoms with E-state index in [1.165, 1.54) is 5.56 Å². The highest BCUT2D eigenvalue weighted by Crippen LogP contribution is 2.20. The average molecular weight is 221 g/mol. The predicted octanol–water partition coefficient (Wildman–Crippen LogP) is 0.772. The maximum Gasteiger partial charge on any atom is 0.222 e. The topological polar surface area (TPSA) is 75.9 Å². The smallest absolute Gasteiger partial charge is 0.222 e. The first-order chi connectivity index (χ1) is 7.66. The minimum absolute atomic E-state index is 0.368. The van der Waals surface area contributed by atoms with Crippen LogP contribution in [0.4, 0.5) is 11.8 Å². The number of nitrogens with zero attached hydrogens (tertiary/aromatic N) is 2. The molecule has 0 saturated heterocycles. The van der Waals surface area contributed by atoms with Crippen LogP contribution in [-0.2, 0) is 13.0 Å². The van der Waals surface area contributed by atoms with E-state index in [0.29, 0.717) is 11.9 Å². The van der Waals surface area contributed by atoms with Crippen LogP contribution in [0.15, 0.2) is 0 Å². The Hall–Kier alpha value is -1.36. The van der Waals surface area contributed by atoms with E-state index >= 15 is 0 Å². The lowest BCUT2D eigenvalue weighted by atomic mass is 10.1. The van der Waals surface area contributed by atoms with E-state index in [-0.39, 0.29) is 0 Å². The van der Waals surface area contributed by atoms with Gasteiger partial charge < -0.3 is 16.4 Å². The molecule has 5 heteroatoms. The first-order valence-corrected chi connectivity index (χ1v) is 5.76. The second-order valence-corrected chi connectivity index (χ2v) is 4.56. The van der Waals surface area contributed by atoms with Gasteiger partial charge in [-0.2, -0.15) is 4.98 Å². The van der Waals surface area contributed by atoms with Gasteiger partial charge in [-0.1, -0.05) is 13.8 Å². The molecule has 16 heavy (non-hydrogen) atoms. The Kier molecular flexibility index (Phi) is 3.24. The van der Waals surface area contributed by atoms with E-state index in [2.05, 4.69) is 34.4 Å². The molecular formula is C11H19N5. The van der Waals surface area contributed by atoms with Gasteiger partial charge in [0.05, 0.1) is 5.69 Å². The van der Waals surface area contributed by atoms with Crippen LogP contribution in [0.1, 0.15) is 25.1 Å². The van der Waals surface area contributed by atoms with Gasteiger partial charge in [-0.3, -0.25) is 0 Å². The van der Waals surface area contributed by atoms with Crippen LogP contribution in [0.25, 0.3) is 0 Å². The van der Waals surface area contributed by atoms with Crippen molar-refractivity contribution in [2.45, 2.75) is 26.8 Å². The third-order valence-corrected chi connectivity index (χ3v) is 2.63. The molecule has 0 unspecified atom stereocenters. The van der Waals surface area contributed by atoms with E-state index in [0.717, 1.165) is 37.6 Å². The van der Waals surface area contributed by atoms with Crippen molar-refractivity contribution in [2.24, 2.45) is 5.92 Å². The van der Waals surface area contributed by atoms with Crippen LogP contribution < -0.4 is 16.4 Å². The molecule has 0 aromatic carbocycles. The SMILES string of the molecule is CC(C)CNc1nc(N)nc2c1CNCC2. The van der Waals surface area contributed by atoms with Gasteiger partial charge in [0, 0.05) is 31.6 Å². The number of nitrogens with one attached hydrogen (secondary N) is 2. The van der Waals surface area contributed by atoms with Gasteiger partial charge in [0.15, 0.2) is 0 Å². The van der Waals surface area contributed by atoms with Crippen molar-refractivity contribution >= 4 is 11.8 Å². The summed E-state index contributed by atoms with van der Waals surface area (Å²) < 4.78 is 0. The predicted molar refractivity (Wildman–Crippen MR) is 65.2 cm³/mol. The maximum absolute atomic E-state index is 5.71.